The Balaban J connectivity index is 1.80. The van der Waals surface area contributed by atoms with Crippen molar-refractivity contribution in [2.75, 3.05) is 30.4 Å². The Hall–Kier alpha value is -0.660. The number of rotatable bonds is 5. The van der Waals surface area contributed by atoms with Gasteiger partial charge >= 0.3 is 0 Å². The first-order valence-electron chi connectivity index (χ1n) is 6.50. The van der Waals surface area contributed by atoms with Gasteiger partial charge in [-0.15, -0.1) is 10.2 Å². The molecule has 1 aliphatic rings. The molecule has 1 aromatic rings. The maximum Gasteiger partial charge on any atom is 0.243 e. The largest absolute Gasteiger partial charge is 0.299 e. The highest BCUT2D eigenvalue weighted by molar-refractivity contribution is 7.98. The van der Waals surface area contributed by atoms with Crippen LogP contribution in [0.4, 0.5) is 5.13 Å². The second-order valence-electron chi connectivity index (χ2n) is 4.84. The number of carbonyl (C=O) groups is 1. The number of hydrogen-bond donors (Lipinski definition) is 1. The molecule has 5 nitrogen and oxygen atoms in total. The average Bonchev–Trinajstić information content (AvgIpc) is 2.92. The molecule has 1 saturated heterocycles. The summed E-state index contributed by atoms with van der Waals surface area (Å²) in [5.41, 5.74) is 1.62. The van der Waals surface area contributed by atoms with Crippen molar-refractivity contribution in [2.45, 2.75) is 25.8 Å². The lowest BCUT2D eigenvalue weighted by Gasteiger charge is -2.34. The lowest BCUT2D eigenvalue weighted by molar-refractivity contribution is -0.121. The highest BCUT2D eigenvalue weighted by Gasteiger charge is 2.26. The predicted molar refractivity (Wildman–Crippen MR) is 80.7 cm³/mol. The highest BCUT2D eigenvalue weighted by atomic mass is 32.2. The molecule has 1 aromatic heterocycles. The van der Waals surface area contributed by atoms with Crippen LogP contribution in [0.15, 0.2) is 5.51 Å². The fraction of sp³-hybridized carbons (Fsp3) is 0.750. The molecule has 0 spiro atoms. The van der Waals surface area contributed by atoms with Crippen molar-refractivity contribution >= 4 is 34.1 Å². The topological polar surface area (TPSA) is 58.1 Å². The number of amides is 1. The SMILES string of the molecule is CSCC1CCN([C@@H](C)C(=O)Nc2nncs2)CC1. The van der Waals surface area contributed by atoms with Crippen LogP contribution >= 0.6 is 23.1 Å². The third-order valence-electron chi connectivity index (χ3n) is 3.57. The molecule has 1 aliphatic heterocycles. The maximum absolute atomic E-state index is 12.1. The van der Waals surface area contributed by atoms with Crippen molar-refractivity contribution in [3.8, 4) is 0 Å². The van der Waals surface area contributed by atoms with Crippen LogP contribution in [0.2, 0.25) is 0 Å². The Labute approximate surface area is 122 Å². The Morgan fingerprint density at radius 3 is 2.95 bits per heavy atom. The summed E-state index contributed by atoms with van der Waals surface area (Å²) < 4.78 is 0. The summed E-state index contributed by atoms with van der Waals surface area (Å²) in [7, 11) is 0. The van der Waals surface area contributed by atoms with Gasteiger partial charge in [-0.3, -0.25) is 15.0 Å². The first kappa shape index (κ1) is 14.7. The zero-order valence-corrected chi connectivity index (χ0v) is 13.0. The molecular weight excluding hydrogens is 280 g/mol. The van der Waals surface area contributed by atoms with Crippen molar-refractivity contribution in [1.82, 2.24) is 15.1 Å². The Morgan fingerprint density at radius 2 is 2.37 bits per heavy atom. The van der Waals surface area contributed by atoms with Gasteiger partial charge in [-0.1, -0.05) is 11.3 Å². The molecule has 19 heavy (non-hydrogen) atoms. The predicted octanol–water partition coefficient (Wildman–Crippen LogP) is 1.94. The number of nitrogens with zero attached hydrogens (tertiary/aromatic N) is 3. The van der Waals surface area contributed by atoms with Crippen LogP contribution in [0, 0.1) is 5.92 Å². The summed E-state index contributed by atoms with van der Waals surface area (Å²) in [5, 5.41) is 10.9. The van der Waals surface area contributed by atoms with Crippen LogP contribution in [0.3, 0.4) is 0 Å². The molecule has 0 radical (unpaired) electrons. The van der Waals surface area contributed by atoms with E-state index in [4.69, 9.17) is 0 Å². The van der Waals surface area contributed by atoms with E-state index < -0.39 is 0 Å². The molecule has 1 N–H and O–H groups in total. The van der Waals surface area contributed by atoms with Crippen LogP contribution in [-0.2, 0) is 4.79 Å². The summed E-state index contributed by atoms with van der Waals surface area (Å²) in [4.78, 5) is 14.4. The van der Waals surface area contributed by atoms with Gasteiger partial charge in [0.2, 0.25) is 11.0 Å². The highest BCUT2D eigenvalue weighted by Crippen LogP contribution is 2.22. The van der Waals surface area contributed by atoms with Gasteiger partial charge in [-0.25, -0.2) is 0 Å². The minimum Gasteiger partial charge on any atom is -0.299 e. The first-order chi connectivity index (χ1) is 9.20. The van der Waals surface area contributed by atoms with Gasteiger partial charge in [0.05, 0.1) is 6.04 Å². The third-order valence-corrected chi connectivity index (χ3v) is 4.98. The summed E-state index contributed by atoms with van der Waals surface area (Å²) in [6, 6.07) is -0.0980. The average molecular weight is 300 g/mol. The summed E-state index contributed by atoms with van der Waals surface area (Å²) in [6.45, 7) is 3.98. The minimum absolute atomic E-state index is 0.0140. The number of anilines is 1. The lowest BCUT2D eigenvalue weighted by atomic mass is 9.98. The van der Waals surface area contributed by atoms with Gasteiger partial charge in [-0.2, -0.15) is 11.8 Å². The molecule has 2 heterocycles. The number of aromatic nitrogens is 2. The molecule has 1 fully saturated rings. The third kappa shape index (κ3) is 4.15. The van der Waals surface area contributed by atoms with Gasteiger partial charge in [0.25, 0.3) is 0 Å². The van der Waals surface area contributed by atoms with Crippen molar-refractivity contribution in [1.29, 1.82) is 0 Å². The van der Waals surface area contributed by atoms with E-state index >= 15 is 0 Å². The molecule has 0 unspecified atom stereocenters. The molecule has 0 saturated carbocycles. The van der Waals surface area contributed by atoms with E-state index in [1.807, 2.05) is 18.7 Å². The number of nitrogens with one attached hydrogen (secondary N) is 1. The molecule has 2 rings (SSSR count). The fourth-order valence-electron chi connectivity index (χ4n) is 2.35. The minimum atomic E-state index is -0.0980. The van der Waals surface area contributed by atoms with E-state index in [1.54, 1.807) is 5.51 Å². The van der Waals surface area contributed by atoms with Crippen LogP contribution in [-0.4, -0.2) is 52.1 Å². The molecular formula is C12H20N4OS2. The Kier molecular flexibility index (Phi) is 5.59. The van der Waals surface area contributed by atoms with Crippen LogP contribution in [0.5, 0.6) is 0 Å². The van der Waals surface area contributed by atoms with Crippen molar-refractivity contribution < 1.29 is 4.79 Å². The molecule has 1 atom stereocenters. The number of likely N-dealkylation sites (tertiary alicyclic amines) is 1. The van der Waals surface area contributed by atoms with E-state index in [0.29, 0.717) is 5.13 Å². The summed E-state index contributed by atoms with van der Waals surface area (Å²) in [6.07, 6.45) is 4.54. The molecule has 0 aliphatic carbocycles. The lowest BCUT2D eigenvalue weighted by Crippen LogP contribution is -2.46. The second-order valence-corrected chi connectivity index (χ2v) is 6.59. The first-order valence-corrected chi connectivity index (χ1v) is 8.78. The van der Waals surface area contributed by atoms with Crippen molar-refractivity contribution in [2.24, 2.45) is 5.92 Å². The Morgan fingerprint density at radius 1 is 1.63 bits per heavy atom. The molecule has 106 valence electrons. The van der Waals surface area contributed by atoms with E-state index in [0.717, 1.165) is 19.0 Å². The van der Waals surface area contributed by atoms with Gasteiger partial charge < -0.3 is 0 Å². The second kappa shape index (κ2) is 7.21. The quantitative estimate of drug-likeness (QED) is 0.900. The molecule has 7 heteroatoms. The monoisotopic (exact) mass is 300 g/mol. The normalized spacial score (nSPS) is 19.3. The van der Waals surface area contributed by atoms with Gasteiger partial charge in [-0.05, 0) is 50.8 Å². The smallest absolute Gasteiger partial charge is 0.243 e. The standard InChI is InChI=1S/C12H20N4OS2/c1-9(11(17)14-12-15-13-8-19-12)16-5-3-10(4-6-16)7-18-2/h8-10H,3-7H2,1-2H3,(H,14,15,17)/t9-/m0/s1. The maximum atomic E-state index is 12.1. The van der Waals surface area contributed by atoms with Gasteiger partial charge in [0.15, 0.2) is 0 Å². The molecule has 0 aromatic carbocycles. The van der Waals surface area contributed by atoms with E-state index in [1.165, 1.54) is 29.9 Å². The van der Waals surface area contributed by atoms with Gasteiger partial charge in [0, 0.05) is 0 Å². The molecule has 1 amide bonds. The summed E-state index contributed by atoms with van der Waals surface area (Å²) in [5.74, 6) is 2.06. The van der Waals surface area contributed by atoms with Crippen LogP contribution in [0.25, 0.3) is 0 Å². The van der Waals surface area contributed by atoms with Crippen molar-refractivity contribution in [3.63, 3.8) is 0 Å². The van der Waals surface area contributed by atoms with Crippen molar-refractivity contribution in [3.05, 3.63) is 5.51 Å². The summed E-state index contributed by atoms with van der Waals surface area (Å²) >= 11 is 3.26. The molecule has 0 bridgehead atoms. The van der Waals surface area contributed by atoms with E-state index in [-0.39, 0.29) is 11.9 Å². The number of hydrogen-bond acceptors (Lipinski definition) is 6. The fourth-order valence-corrected chi connectivity index (χ4v) is 3.60. The zero-order valence-electron chi connectivity index (χ0n) is 11.3. The number of carbonyl (C=O) groups excluding carboxylic acids is 1. The van der Waals surface area contributed by atoms with Crippen LogP contribution in [0.1, 0.15) is 19.8 Å². The van der Waals surface area contributed by atoms with E-state index in [9.17, 15) is 4.79 Å². The Bertz CT molecular complexity index is 390. The van der Waals surface area contributed by atoms with Crippen LogP contribution < -0.4 is 5.32 Å². The number of thioether (sulfide) groups is 1. The van der Waals surface area contributed by atoms with Gasteiger partial charge in [0.1, 0.15) is 5.51 Å². The number of piperidine rings is 1. The van der Waals surface area contributed by atoms with E-state index in [2.05, 4.69) is 26.7 Å². The zero-order chi connectivity index (χ0) is 13.7.